The van der Waals surface area contributed by atoms with Gasteiger partial charge in [0.25, 0.3) is 5.91 Å². The Morgan fingerprint density at radius 2 is 1.79 bits per heavy atom. The minimum Gasteiger partial charge on any atom is -0.343 e. The Balaban J connectivity index is 2.13. The third-order valence-electron chi connectivity index (χ3n) is 3.21. The van der Waals surface area contributed by atoms with Crippen LogP contribution < -0.4 is 0 Å². The van der Waals surface area contributed by atoms with Crippen LogP contribution in [-0.2, 0) is 4.29 Å². The molecular formula is C13H15ClN2O3. The van der Waals surface area contributed by atoms with Crippen molar-refractivity contribution in [3.05, 3.63) is 35.4 Å². The summed E-state index contributed by atoms with van der Waals surface area (Å²) in [7, 11) is 2.03. The van der Waals surface area contributed by atoms with Gasteiger partial charge in [0.15, 0.2) is 0 Å². The van der Waals surface area contributed by atoms with Crippen LogP contribution in [0.4, 0.5) is 0 Å². The van der Waals surface area contributed by atoms with Crippen molar-refractivity contribution in [3.63, 3.8) is 0 Å². The lowest BCUT2D eigenvalue weighted by molar-refractivity contribution is 0.0664. The Kier molecular flexibility index (Phi) is 4.39. The van der Waals surface area contributed by atoms with Crippen LogP contribution in [0.5, 0.6) is 0 Å². The van der Waals surface area contributed by atoms with Gasteiger partial charge in [-0.25, -0.2) is 4.79 Å². The van der Waals surface area contributed by atoms with Gasteiger partial charge in [-0.1, -0.05) is 6.07 Å². The van der Waals surface area contributed by atoms with E-state index >= 15 is 0 Å². The summed E-state index contributed by atoms with van der Waals surface area (Å²) in [6.07, 6.45) is 0. The Morgan fingerprint density at radius 1 is 1.16 bits per heavy atom. The van der Waals surface area contributed by atoms with Crippen molar-refractivity contribution < 1.29 is 13.9 Å². The highest BCUT2D eigenvalue weighted by Gasteiger charge is 2.21. The average Bonchev–Trinajstić information content (AvgIpc) is 2.46. The smallest absolute Gasteiger partial charge is 0.343 e. The molecule has 0 N–H and O–H groups in total. The maximum atomic E-state index is 12.3. The monoisotopic (exact) mass is 282 g/mol. The third kappa shape index (κ3) is 3.24. The van der Waals surface area contributed by atoms with E-state index in [9.17, 15) is 9.59 Å². The van der Waals surface area contributed by atoms with Gasteiger partial charge >= 0.3 is 5.97 Å². The summed E-state index contributed by atoms with van der Waals surface area (Å²) in [5.41, 5.74) is 0.749. The fourth-order valence-electron chi connectivity index (χ4n) is 2.02. The van der Waals surface area contributed by atoms with Crippen molar-refractivity contribution in [2.45, 2.75) is 0 Å². The number of rotatable bonds is 2. The first-order valence-corrected chi connectivity index (χ1v) is 6.33. The number of piperazine rings is 1. The Bertz CT molecular complexity index is 485. The maximum Gasteiger partial charge on any atom is 0.356 e. The molecule has 0 aromatic heterocycles. The maximum absolute atomic E-state index is 12.3. The summed E-state index contributed by atoms with van der Waals surface area (Å²) >= 11 is 5.03. The molecule has 1 aliphatic rings. The molecule has 1 heterocycles. The first-order chi connectivity index (χ1) is 9.11. The highest BCUT2D eigenvalue weighted by atomic mass is 35.5. The molecule has 1 aromatic carbocycles. The molecule has 0 atom stereocenters. The second-order valence-electron chi connectivity index (χ2n) is 4.54. The standard InChI is InChI=1S/C13H15ClN2O3/c1-15-5-7-16(8-6-15)12(17)10-3-2-4-11(9-10)13(18)19-14/h2-4,9H,5-8H2,1H3. The molecule has 19 heavy (non-hydrogen) atoms. The lowest BCUT2D eigenvalue weighted by Crippen LogP contribution is -2.47. The number of carbonyl (C=O) groups excluding carboxylic acids is 2. The van der Waals surface area contributed by atoms with Crippen LogP contribution in [0.15, 0.2) is 24.3 Å². The third-order valence-corrected chi connectivity index (χ3v) is 3.35. The highest BCUT2D eigenvalue weighted by Crippen LogP contribution is 2.12. The minimum absolute atomic E-state index is 0.0719. The summed E-state index contributed by atoms with van der Waals surface area (Å²) in [6.45, 7) is 3.10. The summed E-state index contributed by atoms with van der Waals surface area (Å²) in [4.78, 5) is 27.6. The van der Waals surface area contributed by atoms with Crippen molar-refractivity contribution in [2.75, 3.05) is 33.2 Å². The van der Waals surface area contributed by atoms with Crippen LogP contribution >= 0.6 is 11.9 Å². The number of nitrogens with zero attached hydrogens (tertiary/aromatic N) is 2. The van der Waals surface area contributed by atoms with Gasteiger partial charge in [0, 0.05) is 31.7 Å². The van der Waals surface area contributed by atoms with Gasteiger partial charge in [-0.05, 0) is 25.2 Å². The summed E-state index contributed by atoms with van der Waals surface area (Å²) in [5.74, 6) is -0.730. The molecule has 1 aliphatic heterocycles. The van der Waals surface area contributed by atoms with Crippen molar-refractivity contribution in [1.29, 1.82) is 0 Å². The van der Waals surface area contributed by atoms with E-state index in [4.69, 9.17) is 11.9 Å². The summed E-state index contributed by atoms with van der Waals surface area (Å²) in [6, 6.07) is 6.40. The molecule has 1 saturated heterocycles. The van der Waals surface area contributed by atoms with Gasteiger partial charge in [0.05, 0.1) is 5.56 Å². The molecule has 6 heteroatoms. The SMILES string of the molecule is CN1CCN(C(=O)c2cccc(C(=O)OCl)c2)CC1. The summed E-state index contributed by atoms with van der Waals surface area (Å²) in [5, 5.41) is 0. The molecule has 1 amide bonds. The number of hydrogen-bond donors (Lipinski definition) is 0. The number of amides is 1. The van der Waals surface area contributed by atoms with Crippen LogP contribution in [0, 0.1) is 0 Å². The second kappa shape index (κ2) is 6.04. The van der Waals surface area contributed by atoms with E-state index in [0.29, 0.717) is 18.7 Å². The van der Waals surface area contributed by atoms with Crippen LogP contribution in [-0.4, -0.2) is 54.9 Å². The zero-order chi connectivity index (χ0) is 13.8. The van der Waals surface area contributed by atoms with E-state index < -0.39 is 5.97 Å². The van der Waals surface area contributed by atoms with Gasteiger partial charge in [0.2, 0.25) is 0 Å². The number of hydrogen-bond acceptors (Lipinski definition) is 4. The molecule has 0 saturated carbocycles. The van der Waals surface area contributed by atoms with E-state index in [1.54, 1.807) is 23.1 Å². The van der Waals surface area contributed by atoms with Crippen molar-refractivity contribution in [2.24, 2.45) is 0 Å². The van der Waals surface area contributed by atoms with Gasteiger partial charge in [-0.15, -0.1) is 0 Å². The summed E-state index contributed by atoms with van der Waals surface area (Å²) < 4.78 is 4.13. The Morgan fingerprint density at radius 3 is 2.42 bits per heavy atom. The van der Waals surface area contributed by atoms with E-state index in [1.165, 1.54) is 6.07 Å². The van der Waals surface area contributed by atoms with E-state index in [1.807, 2.05) is 7.05 Å². The lowest BCUT2D eigenvalue weighted by Gasteiger charge is -2.32. The molecule has 1 fully saturated rings. The predicted molar refractivity (Wildman–Crippen MR) is 71.1 cm³/mol. The van der Waals surface area contributed by atoms with Crippen LogP contribution in [0.25, 0.3) is 0 Å². The minimum atomic E-state index is -0.658. The first kappa shape index (κ1) is 13.8. The number of likely N-dealkylation sites (N-methyl/N-ethyl adjacent to an activating group) is 1. The predicted octanol–water partition coefficient (Wildman–Crippen LogP) is 1.38. The van der Waals surface area contributed by atoms with Gasteiger partial charge in [-0.2, -0.15) is 0 Å². The fraction of sp³-hybridized carbons (Fsp3) is 0.385. The molecule has 5 nitrogen and oxygen atoms in total. The van der Waals surface area contributed by atoms with Gasteiger partial charge in [0.1, 0.15) is 11.9 Å². The Labute approximate surface area is 116 Å². The highest BCUT2D eigenvalue weighted by molar-refractivity contribution is 6.16. The molecule has 0 aliphatic carbocycles. The number of carbonyl (C=O) groups is 2. The number of halogens is 1. The van der Waals surface area contributed by atoms with Gasteiger partial charge in [-0.3, -0.25) is 4.79 Å². The first-order valence-electron chi connectivity index (χ1n) is 6.02. The normalized spacial score (nSPS) is 16.2. The number of benzene rings is 1. The van der Waals surface area contributed by atoms with Crippen molar-refractivity contribution in [3.8, 4) is 0 Å². The Hall–Kier alpha value is -1.59. The molecule has 0 spiro atoms. The molecule has 1 aromatic rings. The average molecular weight is 283 g/mol. The molecule has 2 rings (SSSR count). The quantitative estimate of drug-likeness (QED) is 0.822. The van der Waals surface area contributed by atoms with Crippen molar-refractivity contribution in [1.82, 2.24) is 9.80 Å². The largest absolute Gasteiger partial charge is 0.356 e. The molecule has 102 valence electrons. The zero-order valence-corrected chi connectivity index (χ0v) is 11.4. The lowest BCUT2D eigenvalue weighted by atomic mass is 10.1. The molecule has 0 bridgehead atoms. The molecule has 0 unspecified atom stereocenters. The van der Waals surface area contributed by atoms with E-state index in [2.05, 4.69) is 9.19 Å². The fourth-order valence-corrected chi connectivity index (χ4v) is 2.10. The van der Waals surface area contributed by atoms with E-state index in [-0.39, 0.29) is 11.5 Å². The topological polar surface area (TPSA) is 49.9 Å². The zero-order valence-electron chi connectivity index (χ0n) is 10.6. The van der Waals surface area contributed by atoms with E-state index in [0.717, 1.165) is 13.1 Å². The van der Waals surface area contributed by atoms with Crippen molar-refractivity contribution >= 4 is 23.7 Å². The van der Waals surface area contributed by atoms with Crippen LogP contribution in [0.3, 0.4) is 0 Å². The van der Waals surface area contributed by atoms with Crippen LogP contribution in [0.2, 0.25) is 0 Å². The second-order valence-corrected chi connectivity index (χ2v) is 4.70. The van der Waals surface area contributed by atoms with Crippen LogP contribution in [0.1, 0.15) is 20.7 Å². The van der Waals surface area contributed by atoms with Gasteiger partial charge < -0.3 is 14.1 Å². The molecular weight excluding hydrogens is 268 g/mol. The molecule has 0 radical (unpaired) electrons.